The fourth-order valence-corrected chi connectivity index (χ4v) is 3.02. The second-order valence-corrected chi connectivity index (χ2v) is 7.05. The van der Waals surface area contributed by atoms with Crippen LogP contribution >= 0.6 is 0 Å². The molecule has 0 unspecified atom stereocenters. The van der Waals surface area contributed by atoms with Gasteiger partial charge in [0.1, 0.15) is 0 Å². The highest BCUT2D eigenvalue weighted by molar-refractivity contribution is 5.90. The summed E-state index contributed by atoms with van der Waals surface area (Å²) in [7, 11) is 0. The van der Waals surface area contributed by atoms with Crippen LogP contribution in [0.15, 0.2) is 130 Å². The van der Waals surface area contributed by atoms with Gasteiger partial charge in [0, 0.05) is 12.4 Å². The normalized spacial score (nSPS) is 15.9. The Hall–Kier alpha value is -4.04. The minimum atomic E-state index is 0.922. The lowest BCUT2D eigenvalue weighted by molar-refractivity contribution is 1.51. The molecule has 0 atom stereocenters. The summed E-state index contributed by atoms with van der Waals surface area (Å²) in [5.41, 5.74) is 8.18. The molecule has 0 aromatic heterocycles. The van der Waals surface area contributed by atoms with Crippen LogP contribution in [0.3, 0.4) is 0 Å². The van der Waals surface area contributed by atoms with Gasteiger partial charge in [0.05, 0.1) is 11.4 Å². The molecule has 0 radical (unpaired) electrons. The minimum absolute atomic E-state index is 0.922. The van der Waals surface area contributed by atoms with E-state index in [1.807, 2.05) is 73.2 Å². The summed E-state index contributed by atoms with van der Waals surface area (Å²) in [6, 6.07) is 16.3. The molecule has 0 fully saturated rings. The molecule has 2 nitrogen and oxygen atoms in total. The first-order chi connectivity index (χ1) is 14.7. The fraction of sp³-hybridized carbons (Fsp3) is 0. The Morgan fingerprint density at radius 3 is 1.30 bits per heavy atom. The van der Waals surface area contributed by atoms with Crippen molar-refractivity contribution in [2.24, 2.45) is 9.98 Å². The maximum Gasteiger partial charge on any atom is 0.0630 e. The van der Waals surface area contributed by atoms with E-state index in [0.29, 0.717) is 0 Å². The lowest BCUT2D eigenvalue weighted by atomic mass is 10.1. The van der Waals surface area contributed by atoms with Crippen LogP contribution in [0.1, 0.15) is 11.1 Å². The van der Waals surface area contributed by atoms with Crippen LogP contribution in [0, 0.1) is 0 Å². The molecular weight excluding hydrogens is 364 g/mol. The quantitative estimate of drug-likeness (QED) is 0.366. The van der Waals surface area contributed by atoms with Gasteiger partial charge >= 0.3 is 0 Å². The van der Waals surface area contributed by atoms with Crippen LogP contribution in [0.2, 0.25) is 0 Å². The molecule has 0 saturated heterocycles. The summed E-state index contributed by atoms with van der Waals surface area (Å²) in [5.74, 6) is 0. The molecule has 0 aliphatic heterocycles. The fourth-order valence-electron chi connectivity index (χ4n) is 3.02. The van der Waals surface area contributed by atoms with Crippen molar-refractivity contribution in [3.63, 3.8) is 0 Å². The number of nitrogens with zero attached hydrogens (tertiary/aromatic N) is 2. The molecule has 0 saturated carbocycles. The second-order valence-electron chi connectivity index (χ2n) is 7.05. The lowest BCUT2D eigenvalue weighted by Gasteiger charge is -1.99. The maximum absolute atomic E-state index is 4.51. The van der Waals surface area contributed by atoms with E-state index in [1.54, 1.807) is 0 Å². The molecule has 0 spiro atoms. The molecular formula is C28H22N2. The average molecular weight is 386 g/mol. The molecule has 0 bridgehead atoms. The first-order valence-electron chi connectivity index (χ1n) is 9.79. The van der Waals surface area contributed by atoms with Crippen molar-refractivity contribution in [3.8, 4) is 0 Å². The zero-order valence-corrected chi connectivity index (χ0v) is 16.7. The first kappa shape index (κ1) is 19.3. The average Bonchev–Trinajstić information content (AvgIpc) is 3.38. The van der Waals surface area contributed by atoms with E-state index in [4.69, 9.17) is 0 Å². The van der Waals surface area contributed by atoms with E-state index < -0.39 is 0 Å². The molecule has 0 amide bonds. The molecule has 30 heavy (non-hydrogen) atoms. The summed E-state index contributed by atoms with van der Waals surface area (Å²) < 4.78 is 0. The molecule has 2 aliphatic carbocycles. The molecule has 144 valence electrons. The molecule has 2 aromatic carbocycles. The third-order valence-electron chi connectivity index (χ3n) is 4.85. The number of benzene rings is 2. The van der Waals surface area contributed by atoms with Gasteiger partial charge in [0.25, 0.3) is 0 Å². The Morgan fingerprint density at radius 1 is 0.567 bits per heavy atom. The van der Waals surface area contributed by atoms with Gasteiger partial charge < -0.3 is 0 Å². The molecule has 4 rings (SSSR count). The van der Waals surface area contributed by atoms with Crippen molar-refractivity contribution in [1.29, 1.82) is 0 Å². The lowest BCUT2D eigenvalue weighted by Crippen LogP contribution is -1.82. The van der Waals surface area contributed by atoms with E-state index in [0.717, 1.165) is 44.8 Å². The van der Waals surface area contributed by atoms with Gasteiger partial charge in [0.2, 0.25) is 0 Å². The summed E-state index contributed by atoms with van der Waals surface area (Å²) in [6.45, 7) is 7.96. The van der Waals surface area contributed by atoms with Crippen LogP contribution in [0.25, 0.3) is 12.2 Å². The Labute approximate surface area is 177 Å². The third-order valence-corrected chi connectivity index (χ3v) is 4.85. The monoisotopic (exact) mass is 386 g/mol. The van der Waals surface area contributed by atoms with Crippen LogP contribution in [0.5, 0.6) is 0 Å². The van der Waals surface area contributed by atoms with Crippen LogP contribution in [0.4, 0.5) is 11.4 Å². The topological polar surface area (TPSA) is 24.7 Å². The number of hydrogen-bond acceptors (Lipinski definition) is 2. The summed E-state index contributed by atoms with van der Waals surface area (Å²) in [5, 5.41) is 0. The molecule has 2 aromatic rings. The van der Waals surface area contributed by atoms with Gasteiger partial charge in [-0.1, -0.05) is 86.0 Å². The summed E-state index contributed by atoms with van der Waals surface area (Å²) >= 11 is 0. The van der Waals surface area contributed by atoms with Crippen LogP contribution in [-0.2, 0) is 0 Å². The van der Waals surface area contributed by atoms with E-state index in [1.165, 1.54) is 0 Å². The number of rotatable bonds is 6. The van der Waals surface area contributed by atoms with Crippen molar-refractivity contribution < 1.29 is 0 Å². The standard InChI is InChI=1S/C28H22N2/c1-21-5-3-7-25(21)19-29-27-15-11-23(12-16-27)9-10-24-13-17-28(18-14-24)30-20-26-8-4-6-22(26)2/h3-20H,1-2H2/b10-9+,29-19?,30-20?. The highest BCUT2D eigenvalue weighted by atomic mass is 14.7. The Kier molecular flexibility index (Phi) is 5.77. The number of hydrogen-bond donors (Lipinski definition) is 0. The zero-order chi connectivity index (χ0) is 20.8. The highest BCUT2D eigenvalue weighted by Crippen LogP contribution is 2.20. The van der Waals surface area contributed by atoms with Gasteiger partial charge in [0.15, 0.2) is 0 Å². The summed E-state index contributed by atoms with van der Waals surface area (Å²) in [4.78, 5) is 9.03. The van der Waals surface area contributed by atoms with Gasteiger partial charge in [-0.15, -0.1) is 0 Å². The largest absolute Gasteiger partial charge is 0.256 e. The Balaban J connectivity index is 1.35. The first-order valence-corrected chi connectivity index (χ1v) is 9.79. The van der Waals surface area contributed by atoms with Gasteiger partial charge in [-0.3, -0.25) is 9.98 Å². The summed E-state index contributed by atoms with van der Waals surface area (Å²) in [6.07, 6.45) is 19.9. The zero-order valence-electron chi connectivity index (χ0n) is 16.7. The van der Waals surface area contributed by atoms with Crippen molar-refractivity contribution in [3.05, 3.63) is 132 Å². The van der Waals surface area contributed by atoms with Crippen molar-refractivity contribution >= 4 is 36.0 Å². The van der Waals surface area contributed by atoms with E-state index >= 15 is 0 Å². The predicted octanol–water partition coefficient (Wildman–Crippen LogP) is 7.37. The molecule has 2 heteroatoms. The van der Waals surface area contributed by atoms with E-state index in [2.05, 4.69) is 59.6 Å². The van der Waals surface area contributed by atoms with Gasteiger partial charge in [-0.25, -0.2) is 0 Å². The van der Waals surface area contributed by atoms with Crippen molar-refractivity contribution in [1.82, 2.24) is 0 Å². The minimum Gasteiger partial charge on any atom is -0.256 e. The highest BCUT2D eigenvalue weighted by Gasteiger charge is 2.01. The third kappa shape index (κ3) is 4.86. The Morgan fingerprint density at radius 2 is 0.967 bits per heavy atom. The second kappa shape index (κ2) is 8.97. The number of allylic oxidation sites excluding steroid dienone is 10. The van der Waals surface area contributed by atoms with E-state index in [9.17, 15) is 0 Å². The van der Waals surface area contributed by atoms with E-state index in [-0.39, 0.29) is 0 Å². The predicted molar refractivity (Wildman–Crippen MR) is 131 cm³/mol. The number of aliphatic imine (C=N–C) groups is 2. The van der Waals surface area contributed by atoms with Gasteiger partial charge in [-0.05, 0) is 57.7 Å². The van der Waals surface area contributed by atoms with Crippen molar-refractivity contribution in [2.75, 3.05) is 0 Å². The maximum atomic E-state index is 4.51. The molecule has 2 aliphatic rings. The van der Waals surface area contributed by atoms with Crippen LogP contribution in [-0.4, -0.2) is 12.4 Å². The SMILES string of the molecule is C=C1C=CC=C1C=Nc1ccc(/C=C/c2ccc(N=CC3=CC=CC3=C)cc2)cc1. The molecule has 0 N–H and O–H groups in total. The molecule has 0 heterocycles. The Bertz CT molecular complexity index is 1080. The smallest absolute Gasteiger partial charge is 0.0630 e. The van der Waals surface area contributed by atoms with Gasteiger partial charge in [-0.2, -0.15) is 0 Å². The van der Waals surface area contributed by atoms with Crippen LogP contribution < -0.4 is 0 Å². The van der Waals surface area contributed by atoms with Crippen molar-refractivity contribution in [2.45, 2.75) is 0 Å².